The predicted octanol–water partition coefficient (Wildman–Crippen LogP) is 3.36. The van der Waals surface area contributed by atoms with Crippen LogP contribution >= 0.6 is 15.9 Å². The lowest BCUT2D eigenvalue weighted by Gasteiger charge is -2.12. The van der Waals surface area contributed by atoms with Gasteiger partial charge < -0.3 is 5.73 Å². The highest BCUT2D eigenvalue weighted by Crippen LogP contribution is 2.37. The third-order valence-corrected chi connectivity index (χ3v) is 2.73. The summed E-state index contributed by atoms with van der Waals surface area (Å²) in [5.74, 6) is 0. The lowest BCUT2D eigenvalue weighted by molar-refractivity contribution is -0.136. The molecule has 1 rings (SSSR count). The first kappa shape index (κ1) is 10.4. The molecular formula is C8H7BrF3N. The van der Waals surface area contributed by atoms with E-state index in [1.807, 2.05) is 0 Å². The van der Waals surface area contributed by atoms with Gasteiger partial charge in [-0.3, -0.25) is 0 Å². The Hall–Kier alpha value is -0.710. The highest BCUT2D eigenvalue weighted by Gasteiger charge is 2.33. The van der Waals surface area contributed by atoms with Crippen molar-refractivity contribution in [2.75, 3.05) is 5.73 Å². The van der Waals surface area contributed by atoms with Crippen LogP contribution in [-0.4, -0.2) is 0 Å². The van der Waals surface area contributed by atoms with Crippen LogP contribution in [0.1, 0.15) is 11.1 Å². The summed E-state index contributed by atoms with van der Waals surface area (Å²) in [6.45, 7) is 1.68. The molecule has 0 aliphatic heterocycles. The van der Waals surface area contributed by atoms with Crippen LogP contribution in [0.5, 0.6) is 0 Å². The van der Waals surface area contributed by atoms with Crippen molar-refractivity contribution in [2.24, 2.45) is 0 Å². The van der Waals surface area contributed by atoms with E-state index in [0.29, 0.717) is 10.0 Å². The third kappa shape index (κ3) is 1.96. The molecule has 0 aromatic heterocycles. The Morgan fingerprint density at radius 3 is 2.31 bits per heavy atom. The van der Waals surface area contributed by atoms with E-state index < -0.39 is 11.7 Å². The summed E-state index contributed by atoms with van der Waals surface area (Å²) in [7, 11) is 0. The van der Waals surface area contributed by atoms with Crippen LogP contribution in [-0.2, 0) is 6.18 Å². The first-order valence-corrected chi connectivity index (χ1v) is 4.25. The zero-order valence-corrected chi connectivity index (χ0v) is 8.33. The van der Waals surface area contributed by atoms with Crippen LogP contribution < -0.4 is 5.73 Å². The topological polar surface area (TPSA) is 26.0 Å². The quantitative estimate of drug-likeness (QED) is 0.706. The number of benzene rings is 1. The number of halogens is 4. The Kier molecular flexibility index (Phi) is 2.56. The van der Waals surface area contributed by atoms with Gasteiger partial charge in [-0.2, -0.15) is 13.2 Å². The molecule has 2 N–H and O–H groups in total. The van der Waals surface area contributed by atoms with Gasteiger partial charge in [0.25, 0.3) is 0 Å². The van der Waals surface area contributed by atoms with Gasteiger partial charge in [0.15, 0.2) is 0 Å². The normalized spacial score (nSPS) is 11.8. The fourth-order valence-electron chi connectivity index (χ4n) is 0.949. The van der Waals surface area contributed by atoms with Crippen LogP contribution in [0.3, 0.4) is 0 Å². The highest BCUT2D eigenvalue weighted by molar-refractivity contribution is 9.10. The molecule has 0 atom stereocenters. The molecule has 0 spiro atoms. The van der Waals surface area contributed by atoms with E-state index in [1.165, 1.54) is 6.07 Å². The SMILES string of the molecule is Cc1ccc(C(F)(F)F)c(N)c1Br. The fraction of sp³-hybridized carbons (Fsp3) is 0.250. The number of rotatable bonds is 0. The maximum atomic E-state index is 12.3. The Bertz CT molecular complexity index is 333. The second-order valence-electron chi connectivity index (χ2n) is 2.66. The van der Waals surface area contributed by atoms with Gasteiger partial charge in [0, 0.05) is 4.47 Å². The number of nitrogen functional groups attached to an aromatic ring is 1. The van der Waals surface area contributed by atoms with Crippen molar-refractivity contribution in [3.05, 3.63) is 27.7 Å². The molecule has 0 bridgehead atoms. The van der Waals surface area contributed by atoms with Gasteiger partial charge in [-0.15, -0.1) is 0 Å². The molecule has 0 saturated heterocycles. The third-order valence-electron chi connectivity index (χ3n) is 1.68. The molecule has 1 aromatic carbocycles. The van der Waals surface area contributed by atoms with Gasteiger partial charge in [-0.05, 0) is 34.5 Å². The second-order valence-corrected chi connectivity index (χ2v) is 3.45. The van der Waals surface area contributed by atoms with E-state index in [4.69, 9.17) is 5.73 Å². The number of nitrogens with two attached hydrogens (primary N) is 1. The van der Waals surface area contributed by atoms with Gasteiger partial charge in [0.1, 0.15) is 0 Å². The number of alkyl halides is 3. The Morgan fingerprint density at radius 2 is 1.85 bits per heavy atom. The summed E-state index contributed by atoms with van der Waals surface area (Å²) < 4.78 is 37.1. The molecule has 72 valence electrons. The van der Waals surface area contributed by atoms with E-state index in [2.05, 4.69) is 15.9 Å². The first-order chi connectivity index (χ1) is 5.84. The largest absolute Gasteiger partial charge is 0.418 e. The van der Waals surface area contributed by atoms with Gasteiger partial charge in [-0.25, -0.2) is 0 Å². The summed E-state index contributed by atoms with van der Waals surface area (Å²) in [5.41, 5.74) is 4.93. The van der Waals surface area contributed by atoms with Gasteiger partial charge >= 0.3 is 6.18 Å². The van der Waals surface area contributed by atoms with Crippen LogP contribution in [0, 0.1) is 6.92 Å². The maximum Gasteiger partial charge on any atom is 0.418 e. The molecule has 0 aliphatic carbocycles. The van der Waals surface area contributed by atoms with E-state index in [0.717, 1.165) is 6.07 Å². The van der Waals surface area contributed by atoms with E-state index in [1.54, 1.807) is 6.92 Å². The van der Waals surface area contributed by atoms with E-state index in [9.17, 15) is 13.2 Å². The van der Waals surface area contributed by atoms with Gasteiger partial charge in [-0.1, -0.05) is 6.07 Å². The number of hydrogen-bond donors (Lipinski definition) is 1. The lowest BCUT2D eigenvalue weighted by Crippen LogP contribution is -2.09. The summed E-state index contributed by atoms with van der Waals surface area (Å²) in [5, 5.41) is 0. The minimum absolute atomic E-state index is 0.257. The zero-order chi connectivity index (χ0) is 10.2. The minimum Gasteiger partial charge on any atom is -0.397 e. The van der Waals surface area contributed by atoms with Crippen molar-refractivity contribution in [2.45, 2.75) is 13.1 Å². The van der Waals surface area contributed by atoms with E-state index in [-0.39, 0.29) is 5.69 Å². The molecule has 5 heteroatoms. The van der Waals surface area contributed by atoms with Crippen LogP contribution in [0.25, 0.3) is 0 Å². The molecule has 0 heterocycles. The number of anilines is 1. The van der Waals surface area contributed by atoms with Crippen molar-refractivity contribution in [3.8, 4) is 0 Å². The Balaban J connectivity index is 3.35. The minimum atomic E-state index is -4.39. The van der Waals surface area contributed by atoms with Crippen LogP contribution in [0.15, 0.2) is 16.6 Å². The molecule has 0 aliphatic rings. The number of aryl methyl sites for hydroxylation is 1. The molecule has 0 amide bonds. The maximum absolute atomic E-state index is 12.3. The fourth-order valence-corrected chi connectivity index (χ4v) is 1.29. The molecule has 13 heavy (non-hydrogen) atoms. The van der Waals surface area contributed by atoms with Crippen molar-refractivity contribution < 1.29 is 13.2 Å². The molecule has 1 nitrogen and oxygen atoms in total. The van der Waals surface area contributed by atoms with Crippen molar-refractivity contribution >= 4 is 21.6 Å². The molecule has 0 radical (unpaired) electrons. The molecule has 0 unspecified atom stereocenters. The molecule has 1 aromatic rings. The summed E-state index contributed by atoms with van der Waals surface area (Å²) in [6, 6.07) is 2.36. The van der Waals surface area contributed by atoms with Crippen molar-refractivity contribution in [3.63, 3.8) is 0 Å². The average molecular weight is 254 g/mol. The summed E-state index contributed by atoms with van der Waals surface area (Å²) >= 11 is 3.00. The van der Waals surface area contributed by atoms with Crippen molar-refractivity contribution in [1.29, 1.82) is 0 Å². The molecular weight excluding hydrogens is 247 g/mol. The Labute approximate surface area is 81.9 Å². The van der Waals surface area contributed by atoms with Gasteiger partial charge in [0.2, 0.25) is 0 Å². The summed E-state index contributed by atoms with van der Waals surface area (Å²) in [6.07, 6.45) is -4.39. The van der Waals surface area contributed by atoms with Crippen LogP contribution in [0.2, 0.25) is 0 Å². The Morgan fingerprint density at radius 1 is 1.31 bits per heavy atom. The average Bonchev–Trinajstić information content (AvgIpc) is 1.98. The summed E-state index contributed by atoms with van der Waals surface area (Å²) in [4.78, 5) is 0. The zero-order valence-electron chi connectivity index (χ0n) is 6.74. The monoisotopic (exact) mass is 253 g/mol. The second kappa shape index (κ2) is 3.21. The lowest BCUT2D eigenvalue weighted by atomic mass is 10.1. The first-order valence-electron chi connectivity index (χ1n) is 3.46. The van der Waals surface area contributed by atoms with Gasteiger partial charge in [0.05, 0.1) is 11.3 Å². The molecule has 0 saturated carbocycles. The number of hydrogen-bond acceptors (Lipinski definition) is 1. The van der Waals surface area contributed by atoms with Crippen molar-refractivity contribution in [1.82, 2.24) is 0 Å². The standard InChI is InChI=1S/C8H7BrF3N/c1-4-2-3-5(8(10,11)12)7(13)6(4)9/h2-3H,13H2,1H3. The highest BCUT2D eigenvalue weighted by atomic mass is 79.9. The van der Waals surface area contributed by atoms with E-state index >= 15 is 0 Å². The molecule has 0 fully saturated rings. The predicted molar refractivity (Wildman–Crippen MR) is 48.3 cm³/mol. The van der Waals surface area contributed by atoms with Crippen LogP contribution in [0.4, 0.5) is 18.9 Å². The smallest absolute Gasteiger partial charge is 0.397 e.